The van der Waals surface area contributed by atoms with Crippen LogP contribution in [0.25, 0.3) is 16.9 Å². The molecule has 0 radical (unpaired) electrons. The first kappa shape index (κ1) is 17.2. The Morgan fingerprint density at radius 2 is 1.77 bits per heavy atom. The number of carbonyl (C=O) groups excluding carboxylic acids is 2. The van der Waals surface area contributed by atoms with Crippen LogP contribution in [0.15, 0.2) is 60.8 Å². The number of para-hydroxylation sites is 1. The molecule has 1 heterocycles. The summed E-state index contributed by atoms with van der Waals surface area (Å²) in [6.45, 7) is -0.489. The highest BCUT2D eigenvalue weighted by molar-refractivity contribution is 5.97. The van der Waals surface area contributed by atoms with Crippen molar-refractivity contribution in [2.24, 2.45) is 5.73 Å². The lowest BCUT2D eigenvalue weighted by atomic mass is 10.1. The fourth-order valence-electron chi connectivity index (χ4n) is 2.41. The lowest BCUT2D eigenvalue weighted by Crippen LogP contribution is -2.21. The highest BCUT2D eigenvalue weighted by Crippen LogP contribution is 2.26. The number of ether oxygens (including phenoxy) is 2. The van der Waals surface area contributed by atoms with Gasteiger partial charge in [0, 0.05) is 11.8 Å². The number of rotatable bonds is 6. The molecular weight excluding hydrogens is 334 g/mol. The van der Waals surface area contributed by atoms with Gasteiger partial charge in [0.25, 0.3) is 5.91 Å². The molecule has 7 heteroatoms. The third-order valence-electron chi connectivity index (χ3n) is 3.66. The molecule has 3 aromatic rings. The zero-order valence-corrected chi connectivity index (χ0v) is 14.1. The maximum Gasteiger partial charge on any atom is 0.342 e. The average Bonchev–Trinajstić information content (AvgIpc) is 3.12. The Morgan fingerprint density at radius 3 is 2.38 bits per heavy atom. The number of hydrogen-bond donors (Lipinski definition) is 1. The van der Waals surface area contributed by atoms with E-state index < -0.39 is 18.5 Å². The van der Waals surface area contributed by atoms with Gasteiger partial charge in [-0.3, -0.25) is 4.79 Å². The van der Waals surface area contributed by atoms with Crippen LogP contribution in [0.4, 0.5) is 0 Å². The Kier molecular flexibility index (Phi) is 4.98. The monoisotopic (exact) mass is 351 g/mol. The molecule has 0 saturated carbocycles. The molecule has 7 nitrogen and oxygen atoms in total. The summed E-state index contributed by atoms with van der Waals surface area (Å²) >= 11 is 0. The summed E-state index contributed by atoms with van der Waals surface area (Å²) in [6, 6.07) is 16.5. The van der Waals surface area contributed by atoms with Crippen molar-refractivity contribution in [3.63, 3.8) is 0 Å². The molecule has 2 aromatic carbocycles. The number of aromatic nitrogens is 2. The van der Waals surface area contributed by atoms with E-state index in [-0.39, 0.29) is 5.56 Å². The fourth-order valence-corrected chi connectivity index (χ4v) is 2.41. The molecule has 2 N–H and O–H groups in total. The van der Waals surface area contributed by atoms with Crippen LogP contribution in [0.2, 0.25) is 0 Å². The Labute approximate surface area is 150 Å². The normalized spacial score (nSPS) is 10.3. The number of primary amides is 1. The summed E-state index contributed by atoms with van der Waals surface area (Å²) in [4.78, 5) is 23.3. The van der Waals surface area contributed by atoms with E-state index in [0.717, 1.165) is 5.69 Å². The van der Waals surface area contributed by atoms with Crippen LogP contribution in [0.5, 0.6) is 5.75 Å². The highest BCUT2D eigenvalue weighted by atomic mass is 16.5. The molecule has 0 aliphatic heterocycles. The number of amides is 1. The van der Waals surface area contributed by atoms with E-state index in [1.165, 1.54) is 0 Å². The molecule has 0 saturated heterocycles. The van der Waals surface area contributed by atoms with Crippen molar-refractivity contribution in [2.75, 3.05) is 13.7 Å². The van der Waals surface area contributed by atoms with Gasteiger partial charge in [-0.15, -0.1) is 0 Å². The van der Waals surface area contributed by atoms with E-state index in [0.29, 0.717) is 17.0 Å². The number of hydrogen-bond acceptors (Lipinski definition) is 5. The van der Waals surface area contributed by atoms with Gasteiger partial charge >= 0.3 is 5.97 Å². The molecule has 0 fully saturated rings. The molecule has 1 amide bonds. The molecule has 0 spiro atoms. The van der Waals surface area contributed by atoms with E-state index >= 15 is 0 Å². The van der Waals surface area contributed by atoms with Crippen LogP contribution in [0, 0.1) is 0 Å². The van der Waals surface area contributed by atoms with E-state index in [4.69, 9.17) is 15.2 Å². The minimum absolute atomic E-state index is 0.236. The third kappa shape index (κ3) is 3.72. The van der Waals surface area contributed by atoms with Gasteiger partial charge in [0.05, 0.1) is 12.8 Å². The molecule has 3 rings (SSSR count). The number of carbonyl (C=O) groups is 2. The summed E-state index contributed by atoms with van der Waals surface area (Å²) in [5.74, 6) is -0.703. The van der Waals surface area contributed by atoms with Gasteiger partial charge in [0.2, 0.25) is 0 Å². The van der Waals surface area contributed by atoms with Gasteiger partial charge in [0.1, 0.15) is 17.0 Å². The number of benzene rings is 2. The van der Waals surface area contributed by atoms with Crippen LogP contribution in [0.3, 0.4) is 0 Å². The number of methoxy groups -OCH3 is 1. The lowest BCUT2D eigenvalue weighted by Gasteiger charge is -2.04. The van der Waals surface area contributed by atoms with E-state index in [2.05, 4.69) is 5.10 Å². The smallest absolute Gasteiger partial charge is 0.342 e. The zero-order chi connectivity index (χ0) is 18.5. The Hall–Kier alpha value is -3.61. The second-order valence-corrected chi connectivity index (χ2v) is 5.44. The van der Waals surface area contributed by atoms with Gasteiger partial charge in [0.15, 0.2) is 6.61 Å². The minimum atomic E-state index is -0.722. The largest absolute Gasteiger partial charge is 0.497 e. The molecule has 0 atom stereocenters. The Balaban J connectivity index is 2.03. The van der Waals surface area contributed by atoms with Gasteiger partial charge in [-0.05, 0) is 36.4 Å². The van der Waals surface area contributed by atoms with Crippen LogP contribution >= 0.6 is 0 Å². The van der Waals surface area contributed by atoms with Crippen LogP contribution in [-0.2, 0) is 9.53 Å². The second-order valence-electron chi connectivity index (χ2n) is 5.44. The Bertz CT molecular complexity index is 918. The standard InChI is InChI=1S/C19H17N3O4/c1-25-15-9-7-13(8-10-15)18-16(19(24)26-12-17(20)23)11-22(21-18)14-5-3-2-4-6-14/h2-11H,12H2,1H3,(H2,20,23). The SMILES string of the molecule is COc1ccc(-c2nn(-c3ccccc3)cc2C(=O)OCC(N)=O)cc1. The quantitative estimate of drug-likeness (QED) is 0.687. The fraction of sp³-hybridized carbons (Fsp3) is 0.105. The molecule has 132 valence electrons. The lowest BCUT2D eigenvalue weighted by molar-refractivity contribution is -0.121. The first-order valence-electron chi connectivity index (χ1n) is 7.83. The molecule has 0 aliphatic rings. The van der Waals surface area contributed by atoms with Crippen molar-refractivity contribution < 1.29 is 19.1 Å². The third-order valence-corrected chi connectivity index (χ3v) is 3.66. The summed E-state index contributed by atoms with van der Waals surface area (Å²) in [7, 11) is 1.58. The number of nitrogens with two attached hydrogens (primary N) is 1. The molecule has 0 unspecified atom stereocenters. The summed E-state index contributed by atoms with van der Waals surface area (Å²) < 4.78 is 11.7. The van der Waals surface area contributed by atoms with Crippen LogP contribution in [0.1, 0.15) is 10.4 Å². The summed E-state index contributed by atoms with van der Waals surface area (Å²) in [6.07, 6.45) is 1.57. The molecule has 1 aromatic heterocycles. The molecule has 26 heavy (non-hydrogen) atoms. The van der Waals surface area contributed by atoms with Gasteiger partial charge in [-0.1, -0.05) is 18.2 Å². The molecule has 0 aliphatic carbocycles. The average molecular weight is 351 g/mol. The van der Waals surface area contributed by atoms with Crippen molar-refractivity contribution in [2.45, 2.75) is 0 Å². The zero-order valence-electron chi connectivity index (χ0n) is 14.1. The summed E-state index contributed by atoms with van der Waals surface area (Å²) in [5.41, 5.74) is 7.22. The molecular formula is C19H17N3O4. The maximum absolute atomic E-state index is 12.4. The topological polar surface area (TPSA) is 96.4 Å². The first-order chi connectivity index (χ1) is 12.6. The van der Waals surface area contributed by atoms with Gasteiger partial charge in [-0.25, -0.2) is 9.48 Å². The van der Waals surface area contributed by atoms with Gasteiger partial charge in [-0.2, -0.15) is 5.10 Å². The van der Waals surface area contributed by atoms with Crippen LogP contribution < -0.4 is 10.5 Å². The first-order valence-corrected chi connectivity index (χ1v) is 7.83. The van der Waals surface area contributed by atoms with Crippen LogP contribution in [-0.4, -0.2) is 35.4 Å². The number of esters is 1. The number of nitrogens with zero attached hydrogens (tertiary/aromatic N) is 2. The Morgan fingerprint density at radius 1 is 1.08 bits per heavy atom. The summed E-state index contributed by atoms with van der Waals surface area (Å²) in [5, 5.41) is 4.51. The van der Waals surface area contributed by atoms with Crippen molar-refractivity contribution >= 4 is 11.9 Å². The van der Waals surface area contributed by atoms with Crippen molar-refractivity contribution in [1.82, 2.24) is 9.78 Å². The highest BCUT2D eigenvalue weighted by Gasteiger charge is 2.20. The predicted octanol–water partition coefficient (Wildman–Crippen LogP) is 2.19. The molecule has 0 bridgehead atoms. The maximum atomic E-state index is 12.4. The minimum Gasteiger partial charge on any atom is -0.497 e. The van der Waals surface area contributed by atoms with Crippen molar-refractivity contribution in [1.29, 1.82) is 0 Å². The second kappa shape index (κ2) is 7.52. The van der Waals surface area contributed by atoms with E-state index in [1.54, 1.807) is 42.3 Å². The van der Waals surface area contributed by atoms with E-state index in [9.17, 15) is 9.59 Å². The van der Waals surface area contributed by atoms with Gasteiger partial charge < -0.3 is 15.2 Å². The van der Waals surface area contributed by atoms with Crippen molar-refractivity contribution in [3.05, 3.63) is 66.4 Å². The van der Waals surface area contributed by atoms with Crippen molar-refractivity contribution in [3.8, 4) is 22.7 Å². The predicted molar refractivity (Wildman–Crippen MR) is 95.0 cm³/mol. The van der Waals surface area contributed by atoms with E-state index in [1.807, 2.05) is 30.3 Å².